The fraction of sp³-hybridized carbons (Fsp3) is 0.143. The summed E-state index contributed by atoms with van der Waals surface area (Å²) in [6, 6.07) is 14.7. The molecule has 28 heavy (non-hydrogen) atoms. The number of hydrogen-bond acceptors (Lipinski definition) is 3. The van der Waals surface area contributed by atoms with Gasteiger partial charge >= 0.3 is 0 Å². The summed E-state index contributed by atoms with van der Waals surface area (Å²) in [6.07, 6.45) is 1.63. The highest BCUT2D eigenvalue weighted by Crippen LogP contribution is 2.30. The Balaban J connectivity index is 1.87. The molecule has 0 saturated carbocycles. The molecule has 0 aliphatic rings. The predicted molar refractivity (Wildman–Crippen MR) is 116 cm³/mol. The molecule has 5 nitrogen and oxygen atoms in total. The molecule has 0 bridgehead atoms. The zero-order chi connectivity index (χ0) is 20.3. The molecule has 0 unspecified atom stereocenters. The van der Waals surface area contributed by atoms with Gasteiger partial charge in [0.05, 0.1) is 24.6 Å². The van der Waals surface area contributed by atoms with Crippen LogP contribution in [-0.4, -0.2) is 23.8 Å². The van der Waals surface area contributed by atoms with Crippen molar-refractivity contribution in [2.45, 2.75) is 13.8 Å². The fourth-order valence-electron chi connectivity index (χ4n) is 2.99. The number of benzene rings is 2. The minimum absolute atomic E-state index is 0.283. The SMILES string of the molecule is COc1ccc(Cl)cc1-n1c(C)cc(/C=N\NC(=O)c2ccccc2Br)c1C. The average molecular weight is 461 g/mol. The average Bonchev–Trinajstić information content (AvgIpc) is 2.95. The van der Waals surface area contributed by atoms with Gasteiger partial charge in [-0.25, -0.2) is 5.43 Å². The van der Waals surface area contributed by atoms with E-state index in [2.05, 4.69) is 26.5 Å². The summed E-state index contributed by atoms with van der Waals surface area (Å²) in [6.45, 7) is 3.97. The van der Waals surface area contributed by atoms with E-state index >= 15 is 0 Å². The van der Waals surface area contributed by atoms with Crippen molar-refractivity contribution in [2.24, 2.45) is 5.10 Å². The van der Waals surface area contributed by atoms with Crippen LogP contribution in [0.4, 0.5) is 0 Å². The minimum Gasteiger partial charge on any atom is -0.495 e. The molecule has 0 spiro atoms. The largest absolute Gasteiger partial charge is 0.495 e. The normalized spacial score (nSPS) is 11.0. The lowest BCUT2D eigenvalue weighted by Crippen LogP contribution is -2.18. The monoisotopic (exact) mass is 459 g/mol. The molecule has 0 atom stereocenters. The summed E-state index contributed by atoms with van der Waals surface area (Å²) < 4.78 is 8.23. The molecule has 1 heterocycles. The third-order valence-electron chi connectivity index (χ3n) is 4.34. The third kappa shape index (κ3) is 4.13. The molecule has 1 N–H and O–H groups in total. The van der Waals surface area contributed by atoms with Gasteiger partial charge in [-0.1, -0.05) is 23.7 Å². The summed E-state index contributed by atoms with van der Waals surface area (Å²) in [4.78, 5) is 12.3. The zero-order valence-electron chi connectivity index (χ0n) is 15.7. The number of methoxy groups -OCH3 is 1. The summed E-state index contributed by atoms with van der Waals surface area (Å²) in [5, 5.41) is 4.74. The number of nitrogens with one attached hydrogen (secondary N) is 1. The zero-order valence-corrected chi connectivity index (χ0v) is 18.0. The fourth-order valence-corrected chi connectivity index (χ4v) is 3.62. The number of nitrogens with zero attached hydrogens (tertiary/aromatic N) is 2. The van der Waals surface area contributed by atoms with Crippen LogP contribution >= 0.6 is 27.5 Å². The lowest BCUT2D eigenvalue weighted by Gasteiger charge is -2.14. The molecule has 0 saturated heterocycles. The van der Waals surface area contributed by atoms with E-state index in [1.165, 1.54) is 0 Å². The number of halogens is 2. The minimum atomic E-state index is -0.283. The van der Waals surface area contributed by atoms with E-state index in [0.29, 0.717) is 15.1 Å². The molecule has 7 heteroatoms. The van der Waals surface area contributed by atoms with Gasteiger partial charge in [-0.3, -0.25) is 4.79 Å². The first-order valence-electron chi connectivity index (χ1n) is 8.53. The smallest absolute Gasteiger partial charge is 0.272 e. The molecular weight excluding hydrogens is 442 g/mol. The second-order valence-electron chi connectivity index (χ2n) is 6.16. The van der Waals surface area contributed by atoms with Crippen LogP contribution in [0.3, 0.4) is 0 Å². The van der Waals surface area contributed by atoms with Gasteiger partial charge < -0.3 is 9.30 Å². The van der Waals surface area contributed by atoms with Crippen LogP contribution in [0.1, 0.15) is 27.3 Å². The number of hydrazone groups is 1. The molecule has 0 fully saturated rings. The molecule has 1 amide bonds. The van der Waals surface area contributed by atoms with Gasteiger partial charge in [0, 0.05) is 26.4 Å². The van der Waals surface area contributed by atoms with Crippen LogP contribution in [0.2, 0.25) is 5.02 Å². The standard InChI is InChI=1S/C21H19BrClN3O2/c1-13-10-15(12-24-25-21(27)17-6-4-5-7-18(17)22)14(2)26(13)19-11-16(23)8-9-20(19)28-3/h4-12H,1-3H3,(H,25,27)/b24-12-. The maximum Gasteiger partial charge on any atom is 0.272 e. The van der Waals surface area contributed by atoms with Crippen molar-refractivity contribution in [3.8, 4) is 11.4 Å². The Morgan fingerprint density at radius 1 is 1.21 bits per heavy atom. The number of carbonyl (C=O) groups is 1. The van der Waals surface area contributed by atoms with Crippen molar-refractivity contribution >= 4 is 39.7 Å². The Morgan fingerprint density at radius 3 is 2.68 bits per heavy atom. The lowest BCUT2D eigenvalue weighted by atomic mass is 10.2. The molecule has 1 aromatic heterocycles. The number of carbonyl (C=O) groups excluding carboxylic acids is 1. The Kier molecular flexibility index (Phi) is 6.21. The van der Waals surface area contributed by atoms with Crippen molar-refractivity contribution in [1.29, 1.82) is 0 Å². The van der Waals surface area contributed by atoms with Gasteiger partial charge in [-0.05, 0) is 66.2 Å². The van der Waals surface area contributed by atoms with Crippen LogP contribution < -0.4 is 10.2 Å². The highest BCUT2D eigenvalue weighted by Gasteiger charge is 2.14. The highest BCUT2D eigenvalue weighted by atomic mass is 79.9. The van der Waals surface area contributed by atoms with Crippen LogP contribution in [-0.2, 0) is 0 Å². The van der Waals surface area contributed by atoms with Crippen LogP contribution in [0, 0.1) is 13.8 Å². The second-order valence-corrected chi connectivity index (χ2v) is 7.45. The van der Waals surface area contributed by atoms with Gasteiger partial charge in [0.1, 0.15) is 5.75 Å². The number of aromatic nitrogens is 1. The number of aryl methyl sites for hydroxylation is 1. The van der Waals surface area contributed by atoms with Crippen molar-refractivity contribution < 1.29 is 9.53 Å². The van der Waals surface area contributed by atoms with E-state index in [-0.39, 0.29) is 5.91 Å². The maximum absolute atomic E-state index is 12.3. The molecule has 3 rings (SSSR count). The molecule has 0 aliphatic carbocycles. The Bertz CT molecular complexity index is 1060. The Morgan fingerprint density at radius 2 is 1.96 bits per heavy atom. The number of ether oxygens (including phenoxy) is 1. The number of rotatable bonds is 5. The first-order chi connectivity index (χ1) is 13.4. The van der Waals surface area contributed by atoms with Crippen LogP contribution in [0.5, 0.6) is 5.75 Å². The molecular formula is C21H19BrClN3O2. The van der Waals surface area contributed by atoms with Crippen molar-refractivity contribution in [1.82, 2.24) is 9.99 Å². The van der Waals surface area contributed by atoms with Crippen molar-refractivity contribution in [3.63, 3.8) is 0 Å². The van der Waals surface area contributed by atoms with Crippen LogP contribution in [0.25, 0.3) is 5.69 Å². The first-order valence-corrected chi connectivity index (χ1v) is 9.70. The Labute approximate surface area is 177 Å². The topological polar surface area (TPSA) is 55.6 Å². The summed E-state index contributed by atoms with van der Waals surface area (Å²) >= 11 is 9.54. The molecule has 0 aliphatic heterocycles. The lowest BCUT2D eigenvalue weighted by molar-refractivity contribution is 0.0954. The van der Waals surface area contributed by atoms with Gasteiger partial charge in [0.15, 0.2) is 0 Å². The highest BCUT2D eigenvalue weighted by molar-refractivity contribution is 9.10. The third-order valence-corrected chi connectivity index (χ3v) is 5.27. The summed E-state index contributed by atoms with van der Waals surface area (Å²) in [7, 11) is 1.63. The summed E-state index contributed by atoms with van der Waals surface area (Å²) in [5.74, 6) is 0.436. The van der Waals surface area contributed by atoms with E-state index in [4.69, 9.17) is 16.3 Å². The molecule has 2 aromatic carbocycles. The summed E-state index contributed by atoms with van der Waals surface area (Å²) in [5.41, 5.74) is 6.77. The number of hydrogen-bond donors (Lipinski definition) is 1. The molecule has 0 radical (unpaired) electrons. The molecule has 3 aromatic rings. The van der Waals surface area contributed by atoms with Gasteiger partial charge in [-0.15, -0.1) is 0 Å². The van der Waals surface area contributed by atoms with Crippen molar-refractivity contribution in [3.05, 3.63) is 80.5 Å². The molecule has 144 valence electrons. The van der Waals surface area contributed by atoms with E-state index in [1.54, 1.807) is 31.5 Å². The van der Waals surface area contributed by atoms with E-state index < -0.39 is 0 Å². The quantitative estimate of drug-likeness (QED) is 0.416. The van der Waals surface area contributed by atoms with Crippen molar-refractivity contribution in [2.75, 3.05) is 7.11 Å². The van der Waals surface area contributed by atoms with E-state index in [9.17, 15) is 4.79 Å². The number of amides is 1. The first kappa shape index (κ1) is 20.2. The maximum atomic E-state index is 12.3. The Hall–Kier alpha value is -2.57. The van der Waals surface area contributed by atoms with Gasteiger partial charge in [-0.2, -0.15) is 5.10 Å². The van der Waals surface area contributed by atoms with Gasteiger partial charge in [0.2, 0.25) is 0 Å². The van der Waals surface area contributed by atoms with E-state index in [1.807, 2.05) is 48.7 Å². The van der Waals surface area contributed by atoms with Gasteiger partial charge in [0.25, 0.3) is 5.91 Å². The van der Waals surface area contributed by atoms with Crippen LogP contribution in [0.15, 0.2) is 58.1 Å². The van der Waals surface area contributed by atoms with E-state index in [0.717, 1.165) is 28.4 Å². The predicted octanol–water partition coefficient (Wildman–Crippen LogP) is 5.28. The second kappa shape index (κ2) is 8.63.